The second-order valence-corrected chi connectivity index (χ2v) is 3.14. The van der Waals surface area contributed by atoms with Crippen molar-refractivity contribution in [2.45, 2.75) is 18.1 Å². The van der Waals surface area contributed by atoms with Gasteiger partial charge in [0.2, 0.25) is 5.62 Å². The van der Waals surface area contributed by atoms with Gasteiger partial charge in [-0.1, -0.05) is 0 Å². The minimum atomic E-state index is -1.15. The zero-order valence-electron chi connectivity index (χ0n) is 3.79. The fourth-order valence-corrected chi connectivity index (χ4v) is 1.14. The molecule has 2 nitrogen and oxygen atoms in total. The highest BCUT2D eigenvalue weighted by atomic mass is 32.2. The fourth-order valence-electron chi connectivity index (χ4n) is 0.379. The minimum Gasteiger partial charge on any atom is -0.288 e. The molecule has 0 N–H and O–H groups in total. The fraction of sp³-hybridized carbons (Fsp3) is 0.750. The lowest BCUT2D eigenvalue weighted by Crippen LogP contribution is -1.94. The van der Waals surface area contributed by atoms with E-state index >= 15 is 0 Å². The van der Waals surface area contributed by atoms with Crippen molar-refractivity contribution in [3.8, 4) is 0 Å². The summed E-state index contributed by atoms with van der Waals surface area (Å²) in [5.74, 6) is 0. The second-order valence-electron chi connectivity index (χ2n) is 1.62. The average Bonchev–Trinajstić information content (AvgIpc) is 2.44. The van der Waals surface area contributed by atoms with Crippen molar-refractivity contribution in [2.24, 2.45) is 0 Å². The maximum Gasteiger partial charge on any atom is 0.206 e. The summed E-state index contributed by atoms with van der Waals surface area (Å²) < 4.78 is 10.3. The van der Waals surface area contributed by atoms with Gasteiger partial charge in [-0.2, -0.15) is 0 Å². The molecule has 1 fully saturated rings. The zero-order valence-corrected chi connectivity index (χ0v) is 4.61. The van der Waals surface area contributed by atoms with E-state index < -0.39 is 10.8 Å². The lowest BCUT2D eigenvalue weighted by molar-refractivity contribution is 0.567. The lowest BCUT2D eigenvalue weighted by atomic mass is 11.0. The Morgan fingerprint density at radius 3 is 2.29 bits per heavy atom. The molecule has 0 bridgehead atoms. The van der Waals surface area contributed by atoms with Crippen LogP contribution in [0.2, 0.25) is 0 Å². The van der Waals surface area contributed by atoms with Gasteiger partial charge in [-0.15, -0.1) is 0 Å². The molecule has 0 radical (unpaired) electrons. The van der Waals surface area contributed by atoms with Crippen LogP contribution in [0.5, 0.6) is 0 Å². The van der Waals surface area contributed by atoms with Gasteiger partial charge < -0.3 is 0 Å². The molecule has 0 aliphatic heterocycles. The summed E-state index contributed by atoms with van der Waals surface area (Å²) in [5.41, 5.74) is 0.525. The highest BCUT2D eigenvalue weighted by molar-refractivity contribution is 7.99. The maximum absolute atomic E-state index is 10.3. The first kappa shape index (κ1) is 4.97. The van der Waals surface area contributed by atoms with Crippen molar-refractivity contribution in [1.82, 2.24) is 0 Å². The number of hydrogen-bond donors (Lipinski definition) is 0. The molecule has 0 amide bonds. The van der Waals surface area contributed by atoms with Crippen LogP contribution in [0.15, 0.2) is 0 Å². The maximum atomic E-state index is 10.3. The Balaban J connectivity index is 2.37. The molecule has 3 heteroatoms. The summed E-state index contributed by atoms with van der Waals surface area (Å²) in [4.78, 5) is 9.69. The highest BCUT2D eigenvalue weighted by Gasteiger charge is 2.27. The third-order valence-corrected chi connectivity index (χ3v) is 2.27. The minimum absolute atomic E-state index is 0.220. The topological polar surface area (TPSA) is 34.1 Å². The average molecular weight is 118 g/mol. The summed E-state index contributed by atoms with van der Waals surface area (Å²) in [7, 11) is -1.15. The molecule has 1 saturated carbocycles. The molecule has 1 aliphatic rings. The van der Waals surface area contributed by atoms with E-state index in [4.69, 9.17) is 0 Å². The summed E-state index contributed by atoms with van der Waals surface area (Å²) in [6, 6.07) is 0. The van der Waals surface area contributed by atoms with Gasteiger partial charge in [-0.25, -0.2) is 0 Å². The van der Waals surface area contributed by atoms with Gasteiger partial charge in [-0.05, 0) is 12.8 Å². The largest absolute Gasteiger partial charge is 0.288 e. The van der Waals surface area contributed by atoms with E-state index in [-0.39, 0.29) is 5.25 Å². The van der Waals surface area contributed by atoms with Crippen LogP contribution < -0.4 is 0 Å². The van der Waals surface area contributed by atoms with Gasteiger partial charge in [0.1, 0.15) is 0 Å². The standard InChI is InChI=1S/C4H6O2S/c5-3-7(6)4-1-2-4/h3-4H,1-2H2. The van der Waals surface area contributed by atoms with Crippen LogP contribution in [0, 0.1) is 0 Å². The Morgan fingerprint density at radius 2 is 2.14 bits per heavy atom. The second kappa shape index (κ2) is 1.74. The van der Waals surface area contributed by atoms with E-state index in [0.717, 1.165) is 12.8 Å². The highest BCUT2D eigenvalue weighted by Crippen LogP contribution is 2.24. The quantitative estimate of drug-likeness (QED) is 0.481. The number of carbonyl (C=O) groups is 1. The smallest absolute Gasteiger partial charge is 0.206 e. The van der Waals surface area contributed by atoms with E-state index in [1.165, 1.54) is 0 Å². The van der Waals surface area contributed by atoms with Gasteiger partial charge in [0, 0.05) is 5.25 Å². The monoisotopic (exact) mass is 118 g/mol. The Kier molecular flexibility index (Phi) is 1.23. The number of carbonyl (C=O) groups excluding carboxylic acids is 1. The first-order chi connectivity index (χ1) is 3.34. The van der Waals surface area contributed by atoms with Crippen LogP contribution in [-0.2, 0) is 15.6 Å². The first-order valence-electron chi connectivity index (χ1n) is 2.19. The molecular weight excluding hydrogens is 112 g/mol. The molecule has 1 rings (SSSR count). The predicted molar refractivity (Wildman–Crippen MR) is 27.9 cm³/mol. The van der Waals surface area contributed by atoms with E-state index in [2.05, 4.69) is 0 Å². The zero-order chi connectivity index (χ0) is 5.28. The van der Waals surface area contributed by atoms with Crippen LogP contribution in [0.1, 0.15) is 12.8 Å². The number of hydrogen-bond acceptors (Lipinski definition) is 2. The SMILES string of the molecule is O=CS(=O)C1CC1. The van der Waals surface area contributed by atoms with E-state index in [9.17, 15) is 9.00 Å². The molecule has 0 aromatic heterocycles. The molecule has 0 aromatic rings. The van der Waals surface area contributed by atoms with Crippen LogP contribution in [0.3, 0.4) is 0 Å². The van der Waals surface area contributed by atoms with Gasteiger partial charge in [0.05, 0.1) is 10.8 Å². The molecule has 0 saturated heterocycles. The molecule has 1 atom stereocenters. The Morgan fingerprint density at radius 1 is 1.57 bits per heavy atom. The molecule has 1 unspecified atom stereocenters. The van der Waals surface area contributed by atoms with Crippen molar-refractivity contribution in [2.75, 3.05) is 0 Å². The van der Waals surface area contributed by atoms with Crippen LogP contribution in [0.25, 0.3) is 0 Å². The van der Waals surface area contributed by atoms with E-state index in [0.29, 0.717) is 5.62 Å². The van der Waals surface area contributed by atoms with Gasteiger partial charge in [0.15, 0.2) is 0 Å². The lowest BCUT2D eigenvalue weighted by Gasteiger charge is -1.77. The summed E-state index contributed by atoms with van der Waals surface area (Å²) in [6.45, 7) is 0. The predicted octanol–water partition coefficient (Wildman–Crippen LogP) is 0.0877. The molecule has 0 spiro atoms. The Bertz CT molecular complexity index is 106. The van der Waals surface area contributed by atoms with E-state index in [1.54, 1.807) is 0 Å². The molecule has 40 valence electrons. The van der Waals surface area contributed by atoms with Crippen LogP contribution >= 0.6 is 0 Å². The normalized spacial score (nSPS) is 24.0. The molecular formula is C4H6O2S. The summed E-state index contributed by atoms with van der Waals surface area (Å²) in [6.07, 6.45) is 1.96. The third-order valence-electron chi connectivity index (χ3n) is 0.948. The summed E-state index contributed by atoms with van der Waals surface area (Å²) in [5, 5.41) is 0.220. The van der Waals surface area contributed by atoms with Crippen molar-refractivity contribution >= 4 is 16.4 Å². The van der Waals surface area contributed by atoms with Crippen molar-refractivity contribution in [1.29, 1.82) is 0 Å². The van der Waals surface area contributed by atoms with Crippen molar-refractivity contribution in [3.63, 3.8) is 0 Å². The molecule has 0 aromatic carbocycles. The van der Waals surface area contributed by atoms with Gasteiger partial charge in [-0.3, -0.25) is 9.00 Å². The molecule has 1 aliphatic carbocycles. The molecule has 7 heavy (non-hydrogen) atoms. The van der Waals surface area contributed by atoms with Crippen molar-refractivity contribution < 1.29 is 9.00 Å². The van der Waals surface area contributed by atoms with Crippen LogP contribution in [0.4, 0.5) is 0 Å². The number of rotatable bonds is 2. The van der Waals surface area contributed by atoms with E-state index in [1.807, 2.05) is 0 Å². The first-order valence-corrected chi connectivity index (χ1v) is 3.47. The van der Waals surface area contributed by atoms with Crippen LogP contribution in [-0.4, -0.2) is 15.1 Å². The Hall–Kier alpha value is -0.180. The third kappa shape index (κ3) is 1.09. The van der Waals surface area contributed by atoms with Gasteiger partial charge in [0.25, 0.3) is 0 Å². The molecule has 0 heterocycles. The van der Waals surface area contributed by atoms with Crippen molar-refractivity contribution in [3.05, 3.63) is 0 Å². The summed E-state index contributed by atoms with van der Waals surface area (Å²) >= 11 is 0. The van der Waals surface area contributed by atoms with Gasteiger partial charge >= 0.3 is 0 Å². The Labute approximate surface area is 44.4 Å².